The average molecular weight is 287 g/mol. The van der Waals surface area contributed by atoms with Crippen molar-refractivity contribution in [1.29, 1.82) is 0 Å². The lowest BCUT2D eigenvalue weighted by atomic mass is 9.76. The minimum absolute atomic E-state index is 0.181. The first-order valence-electron chi connectivity index (χ1n) is 8.08. The molecule has 0 bridgehead atoms. The van der Waals surface area contributed by atoms with Gasteiger partial charge in [-0.05, 0) is 54.8 Å². The van der Waals surface area contributed by atoms with Crippen LogP contribution in [0.15, 0.2) is 18.2 Å². The number of aliphatic carboxylic acids is 1. The summed E-state index contributed by atoms with van der Waals surface area (Å²) in [6, 6.07) is 6.82. The Morgan fingerprint density at radius 3 is 2.76 bits per heavy atom. The zero-order valence-corrected chi connectivity index (χ0v) is 13.1. The summed E-state index contributed by atoms with van der Waals surface area (Å²) in [7, 11) is 0. The molecular formula is C18H25NO2. The summed E-state index contributed by atoms with van der Waals surface area (Å²) < 4.78 is 0. The van der Waals surface area contributed by atoms with Crippen LogP contribution < -0.4 is 0 Å². The summed E-state index contributed by atoms with van der Waals surface area (Å²) >= 11 is 0. The molecule has 1 fully saturated rings. The van der Waals surface area contributed by atoms with Crippen LogP contribution in [0.3, 0.4) is 0 Å². The van der Waals surface area contributed by atoms with Crippen LogP contribution in [0.2, 0.25) is 0 Å². The number of nitrogens with zero attached hydrogens (tertiary/aromatic N) is 1. The van der Waals surface area contributed by atoms with Crippen LogP contribution in [0.4, 0.5) is 0 Å². The number of aryl methyl sites for hydroxylation is 2. The van der Waals surface area contributed by atoms with Crippen LogP contribution >= 0.6 is 0 Å². The summed E-state index contributed by atoms with van der Waals surface area (Å²) in [4.78, 5) is 14.0. The van der Waals surface area contributed by atoms with Crippen LogP contribution in [-0.4, -0.2) is 29.1 Å². The predicted octanol–water partition coefficient (Wildman–Crippen LogP) is 3.11. The number of rotatable bonds is 4. The molecule has 1 aliphatic carbocycles. The quantitative estimate of drug-likeness (QED) is 0.925. The van der Waals surface area contributed by atoms with Gasteiger partial charge in [0.05, 0.1) is 5.41 Å². The Labute approximate surface area is 127 Å². The minimum atomic E-state index is -0.631. The van der Waals surface area contributed by atoms with Gasteiger partial charge in [-0.1, -0.05) is 32.0 Å². The van der Waals surface area contributed by atoms with Crippen molar-refractivity contribution >= 4 is 5.97 Å². The third kappa shape index (κ3) is 2.59. The molecule has 1 unspecified atom stereocenters. The lowest BCUT2D eigenvalue weighted by Gasteiger charge is -2.29. The maximum atomic E-state index is 11.7. The second-order valence-corrected chi connectivity index (χ2v) is 7.03. The van der Waals surface area contributed by atoms with Crippen LogP contribution in [0.25, 0.3) is 0 Å². The second-order valence-electron chi connectivity index (χ2n) is 7.03. The van der Waals surface area contributed by atoms with E-state index in [-0.39, 0.29) is 5.92 Å². The standard InChI is InChI=1S/C18H25NO2/c1-13(2)18(17(20)21)8-9-19(12-18)11-14-6-7-15-4-3-5-16(15)10-14/h6-7,10,13H,3-5,8-9,11-12H2,1-2H3,(H,20,21). The van der Waals surface area contributed by atoms with Gasteiger partial charge in [0.2, 0.25) is 0 Å². The number of hydrogen-bond donors (Lipinski definition) is 1. The molecule has 1 aliphatic heterocycles. The van der Waals surface area contributed by atoms with Crippen LogP contribution in [0.5, 0.6) is 0 Å². The van der Waals surface area contributed by atoms with E-state index in [0.717, 1.165) is 19.5 Å². The van der Waals surface area contributed by atoms with Gasteiger partial charge in [0.1, 0.15) is 0 Å². The van der Waals surface area contributed by atoms with Gasteiger partial charge in [0, 0.05) is 13.1 Å². The van der Waals surface area contributed by atoms with Crippen molar-refractivity contribution in [2.24, 2.45) is 11.3 Å². The number of likely N-dealkylation sites (tertiary alicyclic amines) is 1. The van der Waals surface area contributed by atoms with Gasteiger partial charge in [-0.2, -0.15) is 0 Å². The molecule has 0 aromatic heterocycles. The van der Waals surface area contributed by atoms with Crippen molar-refractivity contribution < 1.29 is 9.90 Å². The van der Waals surface area contributed by atoms with Gasteiger partial charge < -0.3 is 5.11 Å². The highest BCUT2D eigenvalue weighted by atomic mass is 16.4. The van der Waals surface area contributed by atoms with Crippen LogP contribution in [0, 0.1) is 11.3 Å². The number of carboxylic acid groups (broad SMARTS) is 1. The van der Waals surface area contributed by atoms with Gasteiger partial charge in [-0.3, -0.25) is 9.69 Å². The molecule has 1 saturated heterocycles. The smallest absolute Gasteiger partial charge is 0.311 e. The summed E-state index contributed by atoms with van der Waals surface area (Å²) in [5.41, 5.74) is 3.78. The molecule has 3 rings (SSSR count). The Morgan fingerprint density at radius 2 is 2.10 bits per heavy atom. The molecule has 0 amide bonds. The average Bonchev–Trinajstić information content (AvgIpc) is 3.05. The first-order valence-corrected chi connectivity index (χ1v) is 8.08. The Balaban J connectivity index is 1.71. The van der Waals surface area contributed by atoms with E-state index in [1.165, 1.54) is 36.0 Å². The zero-order chi connectivity index (χ0) is 15.0. The maximum absolute atomic E-state index is 11.7. The molecule has 1 atom stereocenters. The molecular weight excluding hydrogens is 262 g/mol. The molecule has 3 heteroatoms. The number of hydrogen-bond acceptors (Lipinski definition) is 2. The fourth-order valence-corrected chi connectivity index (χ4v) is 3.92. The molecule has 3 nitrogen and oxygen atoms in total. The Morgan fingerprint density at radius 1 is 1.33 bits per heavy atom. The molecule has 114 valence electrons. The van der Waals surface area contributed by atoms with E-state index in [1.54, 1.807) is 0 Å². The van der Waals surface area contributed by atoms with Gasteiger partial charge in [-0.15, -0.1) is 0 Å². The lowest BCUT2D eigenvalue weighted by molar-refractivity contribution is -0.151. The van der Waals surface area contributed by atoms with E-state index in [4.69, 9.17) is 0 Å². The molecule has 0 saturated carbocycles. The molecule has 2 aliphatic rings. The summed E-state index contributed by atoms with van der Waals surface area (Å²) in [5, 5.41) is 9.62. The first kappa shape index (κ1) is 14.6. The summed E-state index contributed by atoms with van der Waals surface area (Å²) in [6.45, 7) is 6.52. The minimum Gasteiger partial charge on any atom is -0.481 e. The first-order chi connectivity index (χ1) is 10.0. The van der Waals surface area contributed by atoms with E-state index in [1.807, 2.05) is 13.8 Å². The van der Waals surface area contributed by atoms with Crippen molar-refractivity contribution in [3.63, 3.8) is 0 Å². The normalized spacial score (nSPS) is 25.5. The molecule has 21 heavy (non-hydrogen) atoms. The van der Waals surface area contributed by atoms with Crippen molar-refractivity contribution in [2.45, 2.75) is 46.1 Å². The van der Waals surface area contributed by atoms with E-state index in [0.29, 0.717) is 6.54 Å². The molecule has 1 aromatic rings. The van der Waals surface area contributed by atoms with Crippen molar-refractivity contribution in [1.82, 2.24) is 4.90 Å². The Hall–Kier alpha value is -1.35. The lowest BCUT2D eigenvalue weighted by Crippen LogP contribution is -2.39. The van der Waals surface area contributed by atoms with Gasteiger partial charge >= 0.3 is 5.97 Å². The van der Waals surface area contributed by atoms with Gasteiger partial charge in [-0.25, -0.2) is 0 Å². The van der Waals surface area contributed by atoms with Crippen LogP contribution in [-0.2, 0) is 24.2 Å². The molecule has 1 N–H and O–H groups in total. The fourth-order valence-electron chi connectivity index (χ4n) is 3.92. The van der Waals surface area contributed by atoms with E-state index >= 15 is 0 Å². The number of carbonyl (C=O) groups is 1. The third-order valence-corrected chi connectivity index (χ3v) is 5.48. The van der Waals surface area contributed by atoms with E-state index in [2.05, 4.69) is 23.1 Å². The molecule has 0 spiro atoms. The summed E-state index contributed by atoms with van der Waals surface area (Å²) in [6.07, 6.45) is 4.46. The Kier molecular flexibility index (Phi) is 3.78. The fraction of sp³-hybridized carbons (Fsp3) is 0.611. The highest BCUT2D eigenvalue weighted by Gasteiger charge is 2.47. The predicted molar refractivity (Wildman–Crippen MR) is 83.3 cm³/mol. The monoisotopic (exact) mass is 287 g/mol. The maximum Gasteiger partial charge on any atom is 0.311 e. The largest absolute Gasteiger partial charge is 0.481 e. The van der Waals surface area contributed by atoms with Gasteiger partial charge in [0.15, 0.2) is 0 Å². The number of carboxylic acids is 1. The highest BCUT2D eigenvalue weighted by Crippen LogP contribution is 2.38. The second kappa shape index (κ2) is 5.45. The molecule has 1 heterocycles. The van der Waals surface area contributed by atoms with Gasteiger partial charge in [0.25, 0.3) is 0 Å². The molecule has 1 aromatic carbocycles. The topological polar surface area (TPSA) is 40.5 Å². The SMILES string of the molecule is CC(C)C1(C(=O)O)CCN(Cc2ccc3c(c2)CCC3)C1. The van der Waals surface area contributed by atoms with Crippen LogP contribution in [0.1, 0.15) is 43.4 Å². The zero-order valence-electron chi connectivity index (χ0n) is 13.1. The number of benzene rings is 1. The van der Waals surface area contributed by atoms with Crippen molar-refractivity contribution in [3.8, 4) is 0 Å². The third-order valence-electron chi connectivity index (χ3n) is 5.48. The number of fused-ring (bicyclic) bond motifs is 1. The summed E-state index contributed by atoms with van der Waals surface area (Å²) in [5.74, 6) is -0.450. The Bertz CT molecular complexity index is 552. The molecule has 0 radical (unpaired) electrons. The van der Waals surface area contributed by atoms with E-state index < -0.39 is 11.4 Å². The van der Waals surface area contributed by atoms with Crippen molar-refractivity contribution in [3.05, 3.63) is 34.9 Å². The van der Waals surface area contributed by atoms with E-state index in [9.17, 15) is 9.90 Å². The van der Waals surface area contributed by atoms with Crippen molar-refractivity contribution in [2.75, 3.05) is 13.1 Å². The highest BCUT2D eigenvalue weighted by molar-refractivity contribution is 5.75.